The maximum absolute atomic E-state index is 12.1. The first-order chi connectivity index (χ1) is 12.0. The summed E-state index contributed by atoms with van der Waals surface area (Å²) in [5.74, 6) is 1.06. The van der Waals surface area contributed by atoms with Crippen molar-refractivity contribution in [3.63, 3.8) is 0 Å². The van der Waals surface area contributed by atoms with Crippen molar-refractivity contribution in [2.24, 2.45) is 4.99 Å². The van der Waals surface area contributed by atoms with E-state index in [1.807, 2.05) is 6.92 Å². The maximum atomic E-state index is 12.1. The third-order valence-corrected chi connectivity index (χ3v) is 6.66. The Labute approximate surface area is 177 Å². The number of halogens is 1. The van der Waals surface area contributed by atoms with Gasteiger partial charge in [0.1, 0.15) is 0 Å². The second kappa shape index (κ2) is 14.0. The Morgan fingerprint density at radius 2 is 1.81 bits per heavy atom. The van der Waals surface area contributed by atoms with Crippen molar-refractivity contribution in [1.82, 2.24) is 19.8 Å². The van der Waals surface area contributed by atoms with Crippen molar-refractivity contribution in [3.05, 3.63) is 0 Å². The SMILES string of the molecule is CCCN(CC)CCNC(=NC)NC1CCN(S(=O)(=O)CCC)CC1.I. The van der Waals surface area contributed by atoms with Crippen LogP contribution in [0.3, 0.4) is 0 Å². The van der Waals surface area contributed by atoms with Gasteiger partial charge in [0.05, 0.1) is 5.75 Å². The average molecular weight is 503 g/mol. The first-order valence-corrected chi connectivity index (χ1v) is 11.2. The molecule has 0 bridgehead atoms. The first kappa shape index (κ1) is 25.9. The molecule has 0 aromatic carbocycles. The molecule has 0 aromatic heterocycles. The number of likely N-dealkylation sites (N-methyl/N-ethyl adjacent to an activating group) is 1. The van der Waals surface area contributed by atoms with Crippen molar-refractivity contribution in [1.29, 1.82) is 0 Å². The zero-order valence-electron chi connectivity index (χ0n) is 16.8. The predicted octanol–water partition coefficient (Wildman–Crippen LogP) is 1.71. The number of hydrogen-bond acceptors (Lipinski definition) is 4. The van der Waals surface area contributed by atoms with Crippen LogP contribution in [0, 0.1) is 0 Å². The molecule has 7 nitrogen and oxygen atoms in total. The van der Waals surface area contributed by atoms with E-state index in [1.54, 1.807) is 11.4 Å². The van der Waals surface area contributed by atoms with Gasteiger partial charge in [-0.2, -0.15) is 0 Å². The van der Waals surface area contributed by atoms with Gasteiger partial charge in [0, 0.05) is 39.3 Å². The summed E-state index contributed by atoms with van der Waals surface area (Å²) in [7, 11) is -1.29. The summed E-state index contributed by atoms with van der Waals surface area (Å²) >= 11 is 0. The highest BCUT2D eigenvalue weighted by molar-refractivity contribution is 14.0. The van der Waals surface area contributed by atoms with Crippen molar-refractivity contribution in [3.8, 4) is 0 Å². The van der Waals surface area contributed by atoms with Crippen molar-refractivity contribution in [2.45, 2.75) is 52.5 Å². The highest BCUT2D eigenvalue weighted by atomic mass is 127. The van der Waals surface area contributed by atoms with Crippen LogP contribution < -0.4 is 10.6 Å². The summed E-state index contributed by atoms with van der Waals surface area (Å²) in [4.78, 5) is 6.71. The first-order valence-electron chi connectivity index (χ1n) is 9.64. The third-order valence-electron chi connectivity index (χ3n) is 4.58. The minimum atomic E-state index is -3.07. The number of nitrogens with one attached hydrogen (secondary N) is 2. The minimum Gasteiger partial charge on any atom is -0.355 e. The van der Waals surface area contributed by atoms with Crippen molar-refractivity contribution >= 4 is 40.0 Å². The van der Waals surface area contributed by atoms with Gasteiger partial charge >= 0.3 is 0 Å². The molecule has 1 aliphatic rings. The number of piperidine rings is 1. The van der Waals surface area contributed by atoms with E-state index in [0.29, 0.717) is 19.5 Å². The van der Waals surface area contributed by atoms with Gasteiger partial charge in [-0.25, -0.2) is 12.7 Å². The van der Waals surface area contributed by atoms with E-state index in [4.69, 9.17) is 0 Å². The standard InChI is InChI=1S/C17H37N5O2S.HI/c1-5-11-21(7-3)14-10-19-17(18-4)20-16-8-12-22(13-9-16)25(23,24)15-6-2;/h16H,5-15H2,1-4H3,(H2,18,19,20);1H. The van der Waals surface area contributed by atoms with E-state index in [1.165, 1.54) is 6.42 Å². The molecule has 0 saturated carbocycles. The van der Waals surface area contributed by atoms with Crippen molar-refractivity contribution in [2.75, 3.05) is 52.1 Å². The van der Waals surface area contributed by atoms with Crippen LogP contribution in [0.4, 0.5) is 0 Å². The number of hydrogen-bond donors (Lipinski definition) is 2. The maximum Gasteiger partial charge on any atom is 0.214 e. The summed E-state index contributed by atoms with van der Waals surface area (Å²) in [6, 6.07) is 0.275. The Kier molecular flexibility index (Phi) is 13.9. The van der Waals surface area contributed by atoms with Gasteiger partial charge in [0.15, 0.2) is 5.96 Å². The summed E-state index contributed by atoms with van der Waals surface area (Å²) < 4.78 is 25.9. The van der Waals surface area contributed by atoms with Crippen molar-refractivity contribution < 1.29 is 8.42 Å². The smallest absolute Gasteiger partial charge is 0.214 e. The molecule has 0 amide bonds. The fourth-order valence-electron chi connectivity index (χ4n) is 3.13. The minimum absolute atomic E-state index is 0. The Hall–Kier alpha value is -0.130. The zero-order valence-corrected chi connectivity index (χ0v) is 20.0. The highest BCUT2D eigenvalue weighted by Gasteiger charge is 2.27. The molecule has 9 heteroatoms. The fourth-order valence-corrected chi connectivity index (χ4v) is 4.67. The average Bonchev–Trinajstić information content (AvgIpc) is 2.60. The predicted molar refractivity (Wildman–Crippen MR) is 121 cm³/mol. The van der Waals surface area contributed by atoms with Crippen LogP contribution in [0.5, 0.6) is 0 Å². The summed E-state index contributed by atoms with van der Waals surface area (Å²) in [5.41, 5.74) is 0. The molecule has 1 saturated heterocycles. The summed E-state index contributed by atoms with van der Waals surface area (Å²) in [6.07, 6.45) is 3.48. The lowest BCUT2D eigenvalue weighted by atomic mass is 10.1. The summed E-state index contributed by atoms with van der Waals surface area (Å²) in [5, 5.41) is 6.80. The van der Waals surface area contributed by atoms with Gasteiger partial charge < -0.3 is 15.5 Å². The van der Waals surface area contributed by atoms with E-state index < -0.39 is 10.0 Å². The fraction of sp³-hybridized carbons (Fsp3) is 0.941. The van der Waals surface area contributed by atoms with Crippen LogP contribution in [-0.4, -0.2) is 81.7 Å². The molecular formula is C17H38IN5O2S. The Morgan fingerprint density at radius 1 is 1.15 bits per heavy atom. The quantitative estimate of drug-likeness (QED) is 0.270. The number of sulfonamides is 1. The van der Waals surface area contributed by atoms with Crippen LogP contribution in [0.1, 0.15) is 46.5 Å². The molecular weight excluding hydrogens is 465 g/mol. The molecule has 1 fully saturated rings. The molecule has 0 aliphatic carbocycles. The van der Waals surface area contributed by atoms with Crippen LogP contribution in [0.2, 0.25) is 0 Å². The number of rotatable bonds is 10. The molecule has 2 N–H and O–H groups in total. The van der Waals surface area contributed by atoms with Gasteiger partial charge in [-0.1, -0.05) is 20.8 Å². The molecule has 0 radical (unpaired) electrons. The molecule has 26 heavy (non-hydrogen) atoms. The largest absolute Gasteiger partial charge is 0.355 e. The van der Waals surface area contributed by atoms with Crippen LogP contribution >= 0.6 is 24.0 Å². The van der Waals surface area contributed by atoms with Gasteiger partial charge in [0.25, 0.3) is 0 Å². The van der Waals surface area contributed by atoms with E-state index in [-0.39, 0.29) is 35.8 Å². The molecule has 0 aromatic rings. The Morgan fingerprint density at radius 3 is 2.31 bits per heavy atom. The number of aliphatic imine (C=N–C) groups is 1. The lowest BCUT2D eigenvalue weighted by Gasteiger charge is -2.32. The lowest BCUT2D eigenvalue weighted by molar-refractivity contribution is 0.290. The Bertz CT molecular complexity index is 493. The molecule has 1 rings (SSSR count). The monoisotopic (exact) mass is 503 g/mol. The van der Waals surface area contributed by atoms with Gasteiger partial charge in [-0.15, -0.1) is 24.0 Å². The molecule has 1 heterocycles. The second-order valence-electron chi connectivity index (χ2n) is 6.57. The topological polar surface area (TPSA) is 77.0 Å². The molecule has 0 spiro atoms. The summed E-state index contributed by atoms with van der Waals surface area (Å²) in [6.45, 7) is 11.5. The van der Waals surface area contributed by atoms with Crippen LogP contribution in [0.15, 0.2) is 4.99 Å². The second-order valence-corrected chi connectivity index (χ2v) is 8.66. The van der Waals surface area contributed by atoms with Crippen LogP contribution in [0.25, 0.3) is 0 Å². The molecule has 1 aliphatic heterocycles. The third kappa shape index (κ3) is 9.18. The highest BCUT2D eigenvalue weighted by Crippen LogP contribution is 2.15. The van der Waals surface area contributed by atoms with Gasteiger partial charge in [0.2, 0.25) is 10.0 Å². The molecule has 0 atom stereocenters. The number of nitrogens with zero attached hydrogens (tertiary/aromatic N) is 3. The normalized spacial score (nSPS) is 17.2. The number of guanidine groups is 1. The molecule has 156 valence electrons. The van der Waals surface area contributed by atoms with E-state index in [9.17, 15) is 8.42 Å². The zero-order chi connectivity index (χ0) is 18.7. The Balaban J connectivity index is 0.00000625. The van der Waals surface area contributed by atoms with E-state index in [2.05, 4.69) is 34.4 Å². The lowest BCUT2D eigenvalue weighted by Crippen LogP contribution is -2.50. The molecule has 0 unspecified atom stereocenters. The van der Waals surface area contributed by atoms with E-state index in [0.717, 1.165) is 45.0 Å². The van der Waals surface area contributed by atoms with Gasteiger partial charge in [-0.3, -0.25) is 4.99 Å². The van der Waals surface area contributed by atoms with E-state index >= 15 is 0 Å². The van der Waals surface area contributed by atoms with Crippen LogP contribution in [-0.2, 0) is 10.0 Å². The van der Waals surface area contributed by atoms with Gasteiger partial charge in [-0.05, 0) is 38.8 Å².